The highest BCUT2D eigenvalue weighted by Gasteiger charge is 2.53. The fraction of sp³-hybridized carbons (Fsp3) is 0.333. The fourth-order valence-corrected chi connectivity index (χ4v) is 5.94. The Bertz CT molecular complexity index is 1200. The van der Waals surface area contributed by atoms with Gasteiger partial charge in [-0.1, -0.05) is 79.7 Å². The first-order valence-electron chi connectivity index (χ1n) is 12.8. The van der Waals surface area contributed by atoms with Gasteiger partial charge in [-0.15, -0.1) is 11.8 Å². The molecule has 1 fully saturated rings. The molecule has 0 saturated carbocycles. The Morgan fingerprint density at radius 1 is 0.842 bits per heavy atom. The lowest BCUT2D eigenvalue weighted by Gasteiger charge is -2.47. The van der Waals surface area contributed by atoms with Crippen molar-refractivity contribution in [2.45, 2.75) is 49.9 Å². The molecule has 0 bridgehead atoms. The van der Waals surface area contributed by atoms with Gasteiger partial charge in [0.25, 0.3) is 11.8 Å². The minimum atomic E-state index is -1.13. The van der Waals surface area contributed by atoms with Crippen LogP contribution in [0.4, 0.5) is 0 Å². The second-order valence-corrected chi connectivity index (χ2v) is 10.6. The average molecular weight is 534 g/mol. The van der Waals surface area contributed by atoms with E-state index in [1.165, 1.54) is 16.7 Å². The van der Waals surface area contributed by atoms with Crippen LogP contribution in [0.1, 0.15) is 38.8 Å². The van der Waals surface area contributed by atoms with Crippen LogP contribution in [0, 0.1) is 0 Å². The third-order valence-electron chi connectivity index (χ3n) is 6.78. The smallest absolute Gasteiger partial charge is 0.262 e. The number of aliphatic hydroxyl groups is 1. The third kappa shape index (κ3) is 5.55. The van der Waals surface area contributed by atoms with E-state index < -0.39 is 41.6 Å². The fourth-order valence-electron chi connectivity index (χ4n) is 4.92. The number of aliphatic hydroxyl groups excluding tert-OH is 1. The van der Waals surface area contributed by atoms with Crippen LogP contribution < -0.4 is 0 Å². The average Bonchev–Trinajstić information content (AvgIpc) is 3.20. The summed E-state index contributed by atoms with van der Waals surface area (Å²) in [6.45, 7) is 2.70. The van der Waals surface area contributed by atoms with Gasteiger partial charge in [0.1, 0.15) is 29.8 Å². The molecule has 5 atom stereocenters. The molecule has 2 amide bonds. The van der Waals surface area contributed by atoms with Gasteiger partial charge in [-0.25, -0.2) is 0 Å². The molecule has 1 N–H and O–H groups in total. The Kier molecular flexibility index (Phi) is 8.56. The maximum atomic E-state index is 13.5. The summed E-state index contributed by atoms with van der Waals surface area (Å²) >= 11 is 1.48. The monoisotopic (exact) mass is 533 g/mol. The van der Waals surface area contributed by atoms with Crippen molar-refractivity contribution in [2.75, 3.05) is 12.4 Å². The van der Waals surface area contributed by atoms with Gasteiger partial charge < -0.3 is 19.3 Å². The molecule has 3 aromatic rings. The summed E-state index contributed by atoms with van der Waals surface area (Å²) in [5, 5.41) is 11.5. The van der Waals surface area contributed by atoms with Gasteiger partial charge >= 0.3 is 0 Å². The highest BCUT2D eigenvalue weighted by atomic mass is 32.2. The van der Waals surface area contributed by atoms with Crippen molar-refractivity contribution in [3.8, 4) is 0 Å². The van der Waals surface area contributed by atoms with E-state index in [0.717, 1.165) is 11.1 Å². The van der Waals surface area contributed by atoms with Gasteiger partial charge in [0.15, 0.2) is 0 Å². The first-order chi connectivity index (χ1) is 18.6. The Hall–Kier alpha value is -3.01. The molecule has 38 heavy (non-hydrogen) atoms. The quantitative estimate of drug-likeness (QED) is 0.389. The number of thioether (sulfide) groups is 1. The predicted octanol–water partition coefficient (Wildman–Crippen LogP) is 4.29. The summed E-state index contributed by atoms with van der Waals surface area (Å²) in [5.41, 5.74) is 2.03. The predicted molar refractivity (Wildman–Crippen MR) is 145 cm³/mol. The Labute approximate surface area is 226 Å². The molecule has 2 aliphatic heterocycles. The van der Waals surface area contributed by atoms with Gasteiger partial charge in [-0.05, 0) is 29.0 Å². The van der Waals surface area contributed by atoms with Crippen molar-refractivity contribution in [1.29, 1.82) is 0 Å². The van der Waals surface area contributed by atoms with Gasteiger partial charge in [0, 0.05) is 0 Å². The van der Waals surface area contributed by atoms with E-state index in [2.05, 4.69) is 0 Å². The van der Waals surface area contributed by atoms with E-state index in [4.69, 9.17) is 14.2 Å². The van der Waals surface area contributed by atoms with Crippen LogP contribution in [-0.2, 0) is 27.4 Å². The summed E-state index contributed by atoms with van der Waals surface area (Å²) in [6.07, 6.45) is -2.70. The van der Waals surface area contributed by atoms with Gasteiger partial charge in [0.2, 0.25) is 0 Å². The number of ether oxygens (including phenoxy) is 3. The largest absolute Gasteiger partial charge is 0.388 e. The minimum Gasteiger partial charge on any atom is -0.388 e. The first kappa shape index (κ1) is 26.6. The zero-order chi connectivity index (χ0) is 26.5. The number of hydrogen-bond donors (Lipinski definition) is 1. The second-order valence-electron chi connectivity index (χ2n) is 9.27. The molecule has 8 heteroatoms. The number of benzene rings is 3. The molecule has 0 spiro atoms. The van der Waals surface area contributed by atoms with Crippen LogP contribution in [0.5, 0.6) is 0 Å². The number of carbonyl (C=O) groups is 2. The number of rotatable bonds is 10. The number of imide groups is 1. The number of amides is 2. The van der Waals surface area contributed by atoms with Crippen LogP contribution in [-0.4, -0.2) is 64.0 Å². The summed E-state index contributed by atoms with van der Waals surface area (Å²) < 4.78 is 18.6. The van der Waals surface area contributed by atoms with E-state index in [0.29, 0.717) is 23.5 Å². The number of hydrogen-bond acceptors (Lipinski definition) is 7. The topological polar surface area (TPSA) is 85.3 Å². The summed E-state index contributed by atoms with van der Waals surface area (Å²) in [5.74, 6) is -0.121. The summed E-state index contributed by atoms with van der Waals surface area (Å²) in [4.78, 5) is 28.2. The molecule has 5 rings (SSSR count). The Morgan fingerprint density at radius 3 is 1.97 bits per heavy atom. The van der Waals surface area contributed by atoms with Crippen LogP contribution in [0.2, 0.25) is 0 Å². The molecular weight excluding hydrogens is 502 g/mol. The van der Waals surface area contributed by atoms with Crippen LogP contribution in [0.15, 0.2) is 84.9 Å². The van der Waals surface area contributed by atoms with Gasteiger partial charge in [-0.3, -0.25) is 14.5 Å². The van der Waals surface area contributed by atoms with Gasteiger partial charge in [-0.2, -0.15) is 0 Å². The van der Waals surface area contributed by atoms with Gasteiger partial charge in [0.05, 0.1) is 30.9 Å². The molecule has 1 saturated heterocycles. The summed E-state index contributed by atoms with van der Waals surface area (Å²) in [6, 6.07) is 25.3. The molecular formula is C30H31NO6S. The lowest BCUT2D eigenvalue weighted by Crippen LogP contribution is -2.65. The standard InChI is InChI=1S/C30H31NO6S/c1-2-38-30-25(31-28(33)22-15-9-10-16-23(22)29(31)34)27(36-18-21-13-7-4-8-14-21)26(32)24(37-30)19-35-17-20-11-5-3-6-12-20/h3-16,24-27,30,32H,2,17-19H2,1H3/t24?,25?,26-,27-,30+/m1/s1. The van der Waals surface area contributed by atoms with E-state index in [-0.39, 0.29) is 13.2 Å². The van der Waals surface area contributed by atoms with Crippen molar-refractivity contribution in [2.24, 2.45) is 0 Å². The lowest BCUT2D eigenvalue weighted by atomic mass is 9.96. The van der Waals surface area contributed by atoms with Crippen molar-refractivity contribution < 1.29 is 28.9 Å². The highest BCUT2D eigenvalue weighted by Crippen LogP contribution is 2.37. The number of nitrogens with zero attached hydrogens (tertiary/aromatic N) is 1. The summed E-state index contributed by atoms with van der Waals surface area (Å²) in [7, 11) is 0. The molecule has 2 aliphatic rings. The maximum Gasteiger partial charge on any atom is 0.262 e. The van der Waals surface area contributed by atoms with Crippen LogP contribution in [0.3, 0.4) is 0 Å². The minimum absolute atomic E-state index is 0.136. The van der Waals surface area contributed by atoms with E-state index in [1.807, 2.05) is 67.6 Å². The highest BCUT2D eigenvalue weighted by molar-refractivity contribution is 7.99. The van der Waals surface area contributed by atoms with Crippen molar-refractivity contribution in [3.05, 3.63) is 107 Å². The molecule has 198 valence electrons. The molecule has 0 radical (unpaired) electrons. The Morgan fingerprint density at radius 2 is 1.39 bits per heavy atom. The van der Waals surface area contributed by atoms with E-state index >= 15 is 0 Å². The first-order valence-corrected chi connectivity index (χ1v) is 13.8. The van der Waals surface area contributed by atoms with Crippen molar-refractivity contribution in [1.82, 2.24) is 4.90 Å². The van der Waals surface area contributed by atoms with E-state index in [9.17, 15) is 14.7 Å². The molecule has 2 unspecified atom stereocenters. The van der Waals surface area contributed by atoms with Crippen molar-refractivity contribution >= 4 is 23.6 Å². The van der Waals surface area contributed by atoms with E-state index in [1.54, 1.807) is 24.3 Å². The lowest BCUT2D eigenvalue weighted by molar-refractivity contribution is -0.205. The third-order valence-corrected chi connectivity index (χ3v) is 7.83. The van der Waals surface area contributed by atoms with Crippen LogP contribution in [0.25, 0.3) is 0 Å². The maximum absolute atomic E-state index is 13.5. The SMILES string of the molecule is CCS[C@@H]1OC(COCc2ccccc2)[C@@H](O)[C@H](OCc2ccccc2)C1N1C(=O)c2ccccc2C1=O. The van der Waals surface area contributed by atoms with Crippen LogP contribution >= 0.6 is 11.8 Å². The number of carbonyl (C=O) groups excluding carboxylic acids is 2. The Balaban J connectivity index is 1.41. The zero-order valence-electron chi connectivity index (χ0n) is 21.1. The molecule has 0 aliphatic carbocycles. The van der Waals surface area contributed by atoms with Crippen molar-refractivity contribution in [3.63, 3.8) is 0 Å². The zero-order valence-corrected chi connectivity index (χ0v) is 22.0. The number of fused-ring (bicyclic) bond motifs is 1. The molecule has 3 aromatic carbocycles. The second kappa shape index (κ2) is 12.2. The molecule has 7 nitrogen and oxygen atoms in total. The molecule has 0 aromatic heterocycles. The molecule has 2 heterocycles. The normalized spacial score (nSPS) is 25.0.